The number of alkyl halides is 1. The van der Waals surface area contributed by atoms with Gasteiger partial charge < -0.3 is 39.6 Å². The van der Waals surface area contributed by atoms with Crippen molar-refractivity contribution in [2.75, 3.05) is 39.7 Å². The zero-order valence-electron chi connectivity index (χ0n) is 23.9. The number of phosphoric acid groups is 1. The van der Waals surface area contributed by atoms with E-state index in [2.05, 4.69) is 24.4 Å². The molecule has 0 saturated carbocycles. The van der Waals surface area contributed by atoms with Crippen molar-refractivity contribution in [1.82, 2.24) is 19.5 Å². The van der Waals surface area contributed by atoms with Crippen molar-refractivity contribution in [1.29, 1.82) is 0 Å². The van der Waals surface area contributed by atoms with Gasteiger partial charge in [-0.3, -0.25) is 9.09 Å². The number of phosphoric ester groups is 1. The van der Waals surface area contributed by atoms with E-state index in [1.807, 2.05) is 5.92 Å². The summed E-state index contributed by atoms with van der Waals surface area (Å²) >= 11 is 0. The van der Waals surface area contributed by atoms with Gasteiger partial charge in [-0.25, -0.2) is 42.5 Å². The molecular weight excluding hydrogens is 604 g/mol. The maximum absolute atomic E-state index is 14.6. The lowest BCUT2D eigenvalue weighted by Crippen LogP contribution is -2.61. The molecule has 0 aliphatic heterocycles. The Morgan fingerprint density at radius 1 is 1.09 bits per heavy atom. The molecule has 0 aromatic carbocycles. The fourth-order valence-corrected chi connectivity index (χ4v) is 4.16. The van der Waals surface area contributed by atoms with Crippen LogP contribution in [0.4, 0.5) is 19.8 Å². The van der Waals surface area contributed by atoms with Gasteiger partial charge in [-0.15, -0.1) is 6.42 Å². The average Bonchev–Trinajstić information content (AvgIpc) is 3.39. The van der Waals surface area contributed by atoms with Crippen molar-refractivity contribution in [3.63, 3.8) is 0 Å². The number of nitrogen functional groups attached to an aromatic ring is 1. The number of nitrogens with two attached hydrogens (primary N) is 1. The maximum Gasteiger partial charge on any atom is 0.510 e. The Labute approximate surface area is 245 Å². The Morgan fingerprint density at radius 2 is 1.65 bits per heavy atom. The second-order valence-corrected chi connectivity index (χ2v) is 10.7. The first-order valence-corrected chi connectivity index (χ1v) is 13.8. The number of fused-ring (bicyclic) bond motifs is 1. The van der Waals surface area contributed by atoms with Crippen molar-refractivity contribution in [3.8, 4) is 12.3 Å². The summed E-state index contributed by atoms with van der Waals surface area (Å²) in [5.41, 5.74) is 0.235. The van der Waals surface area contributed by atoms with Crippen LogP contribution < -0.4 is 5.73 Å². The molecule has 20 heteroatoms. The molecule has 0 unspecified atom stereocenters. The fraction of sp³-hybridized carbons (Fsp3) is 0.609. The standard InChI is InChI=1S/C23H33FN5O13P/c1-7-23(33,29-11-28-16-17(25)26-10-27-18(16)29)19(30)22(8-24,35-6)9-38-43(34,39-12-36-20(31)41-14(2)3)40-13-37-21(32)42-15(4)5/h1,10-11,14-15,19,30,33H,8-9,12-13H2,2-6H3,(H2,25,26,27)/t19-,22-,23-/m1/s1. The first-order chi connectivity index (χ1) is 20.2. The van der Waals surface area contributed by atoms with Gasteiger partial charge in [-0.05, 0) is 33.6 Å². The number of carbonyl (C=O) groups is 2. The maximum atomic E-state index is 14.6. The Kier molecular flexibility index (Phi) is 12.6. The van der Waals surface area contributed by atoms with Gasteiger partial charge in [0.1, 0.15) is 30.9 Å². The van der Waals surface area contributed by atoms with Crippen molar-refractivity contribution >= 4 is 37.1 Å². The van der Waals surface area contributed by atoms with Crippen LogP contribution in [0, 0.1) is 12.3 Å². The number of halogens is 1. The zero-order chi connectivity index (χ0) is 32.4. The molecule has 2 heterocycles. The van der Waals surface area contributed by atoms with Crippen LogP contribution in [-0.4, -0.2) is 99.9 Å². The summed E-state index contributed by atoms with van der Waals surface area (Å²) in [7, 11) is -4.01. The zero-order valence-corrected chi connectivity index (χ0v) is 24.8. The van der Waals surface area contributed by atoms with Gasteiger partial charge in [0, 0.05) is 7.11 Å². The van der Waals surface area contributed by atoms with E-state index in [9.17, 15) is 28.8 Å². The Hall–Kier alpha value is -3.63. The minimum absolute atomic E-state index is 0.00109. The number of imidazole rings is 1. The second-order valence-electron chi connectivity index (χ2n) is 9.06. The summed E-state index contributed by atoms with van der Waals surface area (Å²) in [6, 6.07) is 0. The molecule has 2 rings (SSSR count). The molecular formula is C23H33FN5O13P. The number of aromatic nitrogens is 4. The Bertz CT molecular complexity index is 1300. The molecule has 43 heavy (non-hydrogen) atoms. The molecule has 240 valence electrons. The molecule has 0 aliphatic rings. The first kappa shape index (κ1) is 35.6. The number of anilines is 1. The molecule has 0 saturated heterocycles. The predicted octanol–water partition coefficient (Wildman–Crippen LogP) is 1.60. The van der Waals surface area contributed by atoms with Crippen LogP contribution in [0.3, 0.4) is 0 Å². The molecule has 4 N–H and O–H groups in total. The number of aliphatic hydroxyl groups is 2. The Balaban J connectivity index is 2.32. The number of hydrogen-bond donors (Lipinski definition) is 3. The van der Waals surface area contributed by atoms with Gasteiger partial charge in [-0.1, -0.05) is 0 Å². The van der Waals surface area contributed by atoms with Gasteiger partial charge >= 0.3 is 20.1 Å². The van der Waals surface area contributed by atoms with E-state index in [0.717, 1.165) is 24.3 Å². The third-order valence-corrected chi connectivity index (χ3v) is 6.65. The minimum Gasteiger partial charge on any atom is -0.432 e. The van der Waals surface area contributed by atoms with Crippen molar-refractivity contribution in [3.05, 3.63) is 12.7 Å². The molecule has 2 aromatic heterocycles. The van der Waals surface area contributed by atoms with Gasteiger partial charge in [0.2, 0.25) is 19.3 Å². The molecule has 0 fully saturated rings. The number of ether oxygens (including phenoxy) is 5. The van der Waals surface area contributed by atoms with Crippen molar-refractivity contribution in [2.24, 2.45) is 0 Å². The van der Waals surface area contributed by atoms with E-state index < -0.39 is 76.6 Å². The number of hydrogen-bond acceptors (Lipinski definition) is 17. The van der Waals surface area contributed by atoms with Crippen molar-refractivity contribution < 1.29 is 66.0 Å². The number of terminal acetylenes is 1. The number of carbonyl (C=O) groups excluding carboxylic acids is 2. The van der Waals surface area contributed by atoms with Crippen LogP contribution in [0.2, 0.25) is 0 Å². The quantitative estimate of drug-likeness (QED) is 0.103. The topological polar surface area (TPSA) is 235 Å². The average molecular weight is 638 g/mol. The summed E-state index contributed by atoms with van der Waals surface area (Å²) in [5, 5.41) is 22.6. The highest BCUT2D eigenvalue weighted by Crippen LogP contribution is 2.50. The normalized spacial score (nSPS) is 15.4. The van der Waals surface area contributed by atoms with Gasteiger partial charge in [0.25, 0.3) is 0 Å². The van der Waals surface area contributed by atoms with Crippen LogP contribution in [0.15, 0.2) is 12.7 Å². The van der Waals surface area contributed by atoms with Crippen LogP contribution >= 0.6 is 7.82 Å². The molecule has 0 radical (unpaired) electrons. The van der Waals surface area contributed by atoms with E-state index in [-0.39, 0.29) is 17.0 Å². The second kappa shape index (κ2) is 15.2. The highest BCUT2D eigenvalue weighted by atomic mass is 31.2. The Morgan fingerprint density at radius 3 is 2.12 bits per heavy atom. The number of aliphatic hydroxyl groups excluding tert-OH is 1. The molecule has 0 spiro atoms. The van der Waals surface area contributed by atoms with Crippen LogP contribution in [0.5, 0.6) is 0 Å². The summed E-state index contributed by atoms with van der Waals surface area (Å²) in [4.78, 5) is 35.0. The smallest absolute Gasteiger partial charge is 0.432 e. The van der Waals surface area contributed by atoms with E-state index in [1.54, 1.807) is 0 Å². The van der Waals surface area contributed by atoms with E-state index in [0.29, 0.717) is 0 Å². The summed E-state index contributed by atoms with van der Waals surface area (Å²) in [5.74, 6) is 1.85. The lowest BCUT2D eigenvalue weighted by molar-refractivity contribution is -0.210. The van der Waals surface area contributed by atoms with Crippen molar-refractivity contribution in [2.45, 2.75) is 57.3 Å². The van der Waals surface area contributed by atoms with Gasteiger partial charge in [0.15, 0.2) is 17.1 Å². The number of rotatable bonds is 16. The predicted molar refractivity (Wildman–Crippen MR) is 141 cm³/mol. The molecule has 0 bridgehead atoms. The molecule has 0 aliphatic carbocycles. The molecule has 2 aromatic rings. The number of methoxy groups -OCH3 is 1. The third kappa shape index (κ3) is 8.93. The largest absolute Gasteiger partial charge is 0.510 e. The van der Waals surface area contributed by atoms with Crippen LogP contribution in [-0.2, 0) is 47.5 Å². The SMILES string of the molecule is C#C[C@@](O)([C@H](O)[C@@](CF)(COP(=O)(OCOC(=O)OC(C)C)OCOC(=O)OC(C)C)OC)n1cnc2c(N)ncnc21. The molecule has 0 amide bonds. The van der Waals surface area contributed by atoms with E-state index in [4.69, 9.17) is 39.9 Å². The first-order valence-electron chi connectivity index (χ1n) is 12.3. The van der Waals surface area contributed by atoms with Crippen LogP contribution in [0.1, 0.15) is 27.7 Å². The van der Waals surface area contributed by atoms with Gasteiger partial charge in [-0.2, -0.15) is 0 Å². The summed E-state index contributed by atoms with van der Waals surface area (Å²) in [6.07, 6.45) is 1.61. The highest BCUT2D eigenvalue weighted by Gasteiger charge is 2.53. The van der Waals surface area contributed by atoms with E-state index in [1.165, 1.54) is 27.7 Å². The van der Waals surface area contributed by atoms with Crippen LogP contribution in [0.25, 0.3) is 11.2 Å². The monoisotopic (exact) mass is 637 g/mol. The lowest BCUT2D eigenvalue weighted by Gasteiger charge is -2.41. The molecule has 18 nitrogen and oxygen atoms in total. The third-order valence-electron chi connectivity index (χ3n) is 5.36. The minimum atomic E-state index is -4.94. The highest BCUT2D eigenvalue weighted by molar-refractivity contribution is 7.48. The molecule has 3 atom stereocenters. The summed E-state index contributed by atoms with van der Waals surface area (Å²) in [6.45, 7) is 1.20. The van der Waals surface area contributed by atoms with E-state index >= 15 is 0 Å². The summed E-state index contributed by atoms with van der Waals surface area (Å²) < 4.78 is 67.7. The lowest BCUT2D eigenvalue weighted by atomic mass is 9.90. The number of nitrogens with zero attached hydrogens (tertiary/aromatic N) is 4. The fourth-order valence-electron chi connectivity index (χ4n) is 3.20. The van der Waals surface area contributed by atoms with Gasteiger partial charge in [0.05, 0.1) is 18.8 Å².